The lowest BCUT2D eigenvalue weighted by Crippen LogP contribution is -2.36. The van der Waals surface area contributed by atoms with E-state index in [1.807, 2.05) is 7.05 Å². The summed E-state index contributed by atoms with van der Waals surface area (Å²) in [7, 11) is -1.83. The van der Waals surface area contributed by atoms with Gasteiger partial charge in [0, 0.05) is 37.8 Å². The number of hydrogen-bond acceptors (Lipinski definition) is 7. The van der Waals surface area contributed by atoms with Crippen LogP contribution in [0.1, 0.15) is 38.2 Å². The number of nitriles is 1. The van der Waals surface area contributed by atoms with Gasteiger partial charge in [-0.3, -0.25) is 0 Å². The van der Waals surface area contributed by atoms with Crippen LogP contribution in [0.15, 0.2) is 53.7 Å². The van der Waals surface area contributed by atoms with Gasteiger partial charge in [-0.15, -0.1) is 0 Å². The molecule has 1 aliphatic rings. The number of rotatable bonds is 6. The van der Waals surface area contributed by atoms with Crippen LogP contribution >= 0.6 is 12.2 Å². The Morgan fingerprint density at radius 2 is 1.94 bits per heavy atom. The summed E-state index contributed by atoms with van der Waals surface area (Å²) in [6.07, 6.45) is 6.92. The van der Waals surface area contributed by atoms with E-state index in [0.717, 1.165) is 31.4 Å². The summed E-state index contributed by atoms with van der Waals surface area (Å²) in [4.78, 5) is 6.66. The average molecular weight is 483 g/mol. The van der Waals surface area contributed by atoms with E-state index in [1.165, 1.54) is 16.4 Å². The molecule has 1 aliphatic carbocycles. The van der Waals surface area contributed by atoms with Crippen molar-refractivity contribution in [1.29, 1.82) is 5.26 Å². The van der Waals surface area contributed by atoms with Gasteiger partial charge < -0.3 is 9.64 Å². The lowest BCUT2D eigenvalue weighted by molar-refractivity contribution is 0.193. The van der Waals surface area contributed by atoms with Crippen molar-refractivity contribution in [3.05, 3.63) is 54.4 Å². The van der Waals surface area contributed by atoms with Crippen molar-refractivity contribution in [2.75, 3.05) is 18.6 Å². The van der Waals surface area contributed by atoms with Crippen LogP contribution in [0.25, 0.3) is 11.0 Å². The largest absolute Gasteiger partial charge is 0.487 e. The van der Waals surface area contributed by atoms with E-state index in [1.54, 1.807) is 43.3 Å². The van der Waals surface area contributed by atoms with Gasteiger partial charge in [-0.1, -0.05) is 18.2 Å². The van der Waals surface area contributed by atoms with E-state index in [-0.39, 0.29) is 10.9 Å². The van der Waals surface area contributed by atoms with Gasteiger partial charge in [0.2, 0.25) is 0 Å². The van der Waals surface area contributed by atoms with Crippen molar-refractivity contribution in [3.8, 4) is 6.07 Å². The number of fused-ring (bicyclic) bond motifs is 1. The third kappa shape index (κ3) is 4.59. The molecule has 0 amide bonds. The molecule has 0 spiro atoms. The quantitative estimate of drug-likeness (QED) is 0.478. The molecule has 33 heavy (non-hydrogen) atoms. The van der Waals surface area contributed by atoms with Crippen molar-refractivity contribution in [2.24, 2.45) is 5.92 Å². The van der Waals surface area contributed by atoms with Crippen molar-refractivity contribution < 1.29 is 13.2 Å². The number of anilines is 1. The highest BCUT2D eigenvalue weighted by Crippen LogP contribution is 2.36. The first kappa shape index (κ1) is 23.2. The molecule has 0 N–H and O–H groups in total. The molecule has 4 rings (SSSR count). The van der Waals surface area contributed by atoms with Gasteiger partial charge >= 0.3 is 0 Å². The highest BCUT2D eigenvalue weighted by atomic mass is 32.2. The predicted molar refractivity (Wildman–Crippen MR) is 132 cm³/mol. The molecule has 1 fully saturated rings. The Balaban J connectivity index is 1.66. The monoisotopic (exact) mass is 482 g/mol. The number of hydrogen-bond donors (Lipinski definition) is 0. The maximum absolute atomic E-state index is 13.2. The standard InChI is InChI=1S/C24H26N4O3S2/c1-17(32)31-16-18-8-10-20(11-9-18)27(2)23-19(14-25)15-26-24-22(23)12-13-28(24)33(29,30)21-6-4-3-5-7-21/h3-7,12-13,15,18,20H,8-11,16H2,1-2H3. The van der Waals surface area contributed by atoms with E-state index in [2.05, 4.69) is 16.0 Å². The van der Waals surface area contributed by atoms with Gasteiger partial charge in [-0.25, -0.2) is 17.4 Å². The zero-order chi connectivity index (χ0) is 23.6. The second kappa shape index (κ2) is 9.49. The molecule has 1 saturated carbocycles. The summed E-state index contributed by atoms with van der Waals surface area (Å²) < 4.78 is 33.2. The fourth-order valence-electron chi connectivity index (χ4n) is 4.53. The minimum absolute atomic E-state index is 0.190. The SMILES string of the molecule is CC(=S)OCC1CCC(N(C)c2c(C#N)cnc3c2ccn3S(=O)(=O)c2ccccc2)CC1. The molecule has 3 aromatic rings. The maximum atomic E-state index is 13.2. The summed E-state index contributed by atoms with van der Waals surface area (Å²) in [5, 5.41) is 11.0. The van der Waals surface area contributed by atoms with E-state index >= 15 is 0 Å². The highest BCUT2D eigenvalue weighted by Gasteiger charge is 2.28. The Bertz CT molecular complexity index is 1300. The van der Waals surface area contributed by atoms with Gasteiger partial charge in [0.1, 0.15) is 6.07 Å². The smallest absolute Gasteiger partial charge is 0.269 e. The van der Waals surface area contributed by atoms with Crippen molar-refractivity contribution in [1.82, 2.24) is 8.96 Å². The Morgan fingerprint density at radius 3 is 2.58 bits per heavy atom. The van der Waals surface area contributed by atoms with Crippen LogP contribution < -0.4 is 4.90 Å². The fourth-order valence-corrected chi connectivity index (χ4v) is 5.92. The number of nitrogens with zero attached hydrogens (tertiary/aromatic N) is 4. The van der Waals surface area contributed by atoms with Crippen LogP contribution in [0.4, 0.5) is 5.69 Å². The molecule has 0 bridgehead atoms. The van der Waals surface area contributed by atoms with E-state index in [0.29, 0.717) is 34.2 Å². The number of ether oxygens (including phenoxy) is 1. The molecule has 0 atom stereocenters. The Labute approximate surface area is 199 Å². The summed E-state index contributed by atoms with van der Waals surface area (Å²) >= 11 is 5.01. The number of pyridine rings is 1. The normalized spacial score (nSPS) is 18.6. The van der Waals surface area contributed by atoms with Crippen LogP contribution in [-0.2, 0) is 14.8 Å². The minimum atomic E-state index is -3.80. The number of benzene rings is 1. The predicted octanol–water partition coefficient (Wildman–Crippen LogP) is 4.50. The Morgan fingerprint density at radius 1 is 1.24 bits per heavy atom. The lowest BCUT2D eigenvalue weighted by atomic mass is 9.85. The van der Waals surface area contributed by atoms with Gasteiger partial charge in [-0.05, 0) is 62.0 Å². The topological polar surface area (TPSA) is 88.2 Å². The zero-order valence-corrected chi connectivity index (χ0v) is 20.3. The Hall–Kier alpha value is -2.96. The fraction of sp³-hybridized carbons (Fsp3) is 0.375. The van der Waals surface area contributed by atoms with Crippen LogP contribution in [0.3, 0.4) is 0 Å². The van der Waals surface area contributed by atoms with Crippen LogP contribution in [0.2, 0.25) is 0 Å². The molecule has 7 nitrogen and oxygen atoms in total. The summed E-state index contributed by atoms with van der Waals surface area (Å²) in [6, 6.07) is 12.5. The van der Waals surface area contributed by atoms with Crippen LogP contribution in [0.5, 0.6) is 0 Å². The van der Waals surface area contributed by atoms with E-state index in [4.69, 9.17) is 17.0 Å². The molecular weight excluding hydrogens is 456 g/mol. The molecule has 172 valence electrons. The Kier molecular flexibility index (Phi) is 6.68. The van der Waals surface area contributed by atoms with Crippen molar-refractivity contribution >= 4 is 44.0 Å². The summed E-state index contributed by atoms with van der Waals surface area (Å²) in [5.41, 5.74) is 1.47. The third-order valence-corrected chi connectivity index (χ3v) is 8.11. The average Bonchev–Trinajstić information content (AvgIpc) is 3.27. The molecule has 0 saturated heterocycles. The number of aromatic nitrogens is 2. The lowest BCUT2D eigenvalue weighted by Gasteiger charge is -2.36. The van der Waals surface area contributed by atoms with Crippen molar-refractivity contribution in [2.45, 2.75) is 43.5 Å². The molecule has 0 radical (unpaired) electrons. The van der Waals surface area contributed by atoms with Crippen molar-refractivity contribution in [3.63, 3.8) is 0 Å². The second-order valence-electron chi connectivity index (χ2n) is 8.39. The maximum Gasteiger partial charge on any atom is 0.269 e. The molecule has 9 heteroatoms. The second-order valence-corrected chi connectivity index (χ2v) is 10.8. The van der Waals surface area contributed by atoms with E-state index in [9.17, 15) is 13.7 Å². The zero-order valence-electron chi connectivity index (χ0n) is 18.6. The molecule has 1 aromatic carbocycles. The summed E-state index contributed by atoms with van der Waals surface area (Å²) in [6.45, 7) is 2.44. The molecule has 2 aromatic heterocycles. The first-order valence-electron chi connectivity index (χ1n) is 10.9. The van der Waals surface area contributed by atoms with E-state index < -0.39 is 10.0 Å². The third-order valence-electron chi connectivity index (χ3n) is 6.31. The molecule has 0 aliphatic heterocycles. The molecular formula is C24H26N4O3S2. The van der Waals surface area contributed by atoms with Gasteiger partial charge in [0.15, 0.2) is 10.7 Å². The minimum Gasteiger partial charge on any atom is -0.487 e. The molecule has 0 unspecified atom stereocenters. The first-order chi connectivity index (χ1) is 15.8. The van der Waals surface area contributed by atoms with Crippen LogP contribution in [-0.4, -0.2) is 42.1 Å². The van der Waals surface area contributed by atoms with Gasteiger partial charge in [-0.2, -0.15) is 5.26 Å². The highest BCUT2D eigenvalue weighted by molar-refractivity contribution is 7.90. The van der Waals surface area contributed by atoms with Gasteiger partial charge in [0.25, 0.3) is 10.0 Å². The first-order valence-corrected chi connectivity index (χ1v) is 12.7. The van der Waals surface area contributed by atoms with Crippen LogP contribution in [0, 0.1) is 17.2 Å². The number of thiocarbonyl (C=S) groups is 1. The van der Waals surface area contributed by atoms with Gasteiger partial charge in [0.05, 0.1) is 22.8 Å². The molecule has 2 heterocycles. The summed E-state index contributed by atoms with van der Waals surface area (Å²) in [5.74, 6) is 0.470.